The normalized spacial score (nSPS) is 17.6. The van der Waals surface area contributed by atoms with Gasteiger partial charge >= 0.3 is 0 Å². The monoisotopic (exact) mass is 349 g/mol. The molecule has 0 radical (unpaired) electrons. The molecule has 6 heteroatoms. The molecule has 0 saturated carbocycles. The van der Waals surface area contributed by atoms with Gasteiger partial charge in [0.2, 0.25) is 5.91 Å². The third kappa shape index (κ3) is 3.53. The van der Waals surface area contributed by atoms with Crippen LogP contribution in [0.5, 0.6) is 0 Å². The molecular weight excluding hydrogens is 326 g/mol. The number of aromatic nitrogens is 2. The van der Waals surface area contributed by atoms with E-state index in [1.54, 1.807) is 23.5 Å². The van der Waals surface area contributed by atoms with Crippen molar-refractivity contribution < 1.29 is 4.79 Å². The van der Waals surface area contributed by atoms with Crippen LogP contribution in [0.3, 0.4) is 0 Å². The smallest absolute Gasteiger partial charge is 0.243 e. The Morgan fingerprint density at radius 1 is 1.26 bits per heavy atom. The van der Waals surface area contributed by atoms with Crippen LogP contribution in [0.1, 0.15) is 45.1 Å². The number of imidazole rings is 1. The van der Waals surface area contributed by atoms with Gasteiger partial charge in [-0.2, -0.15) is 0 Å². The Labute approximate surface area is 145 Å². The zero-order valence-electron chi connectivity index (χ0n) is 13.8. The Hall–Kier alpha value is -1.14. The highest BCUT2D eigenvalue weighted by Crippen LogP contribution is 2.31. The summed E-state index contributed by atoms with van der Waals surface area (Å²) in [5, 5.41) is 3.16. The van der Waals surface area contributed by atoms with Crippen LogP contribution in [0.15, 0.2) is 24.3 Å². The fourth-order valence-corrected chi connectivity index (χ4v) is 5.53. The Kier molecular flexibility index (Phi) is 5.21. The molecule has 0 unspecified atom stereocenters. The van der Waals surface area contributed by atoms with Crippen molar-refractivity contribution in [1.82, 2.24) is 14.9 Å². The van der Waals surface area contributed by atoms with Crippen molar-refractivity contribution in [3.8, 4) is 0 Å². The molecule has 1 aromatic heterocycles. The van der Waals surface area contributed by atoms with Gasteiger partial charge in [0.15, 0.2) is 0 Å². The standard InChI is InChI=1S/C17H23N3OS2/c1-11(2)20-14-8-5-4-7-13(14)19-15(20)12(3)18-16(21)17-22-9-6-10-23-17/h4-5,7-8,11-12,17H,6,9-10H2,1-3H3,(H,18,21)/t12-/m1/s1. The fourth-order valence-electron chi connectivity index (χ4n) is 2.90. The minimum absolute atomic E-state index is 0.0167. The number of thioether (sulfide) groups is 2. The lowest BCUT2D eigenvalue weighted by Crippen LogP contribution is -2.35. The lowest BCUT2D eigenvalue weighted by molar-refractivity contribution is -0.119. The Balaban J connectivity index is 1.84. The molecule has 0 spiro atoms. The molecule has 23 heavy (non-hydrogen) atoms. The first-order valence-corrected chi connectivity index (χ1v) is 10.2. The topological polar surface area (TPSA) is 46.9 Å². The number of hydrogen-bond donors (Lipinski definition) is 1. The number of carbonyl (C=O) groups is 1. The summed E-state index contributed by atoms with van der Waals surface area (Å²) in [4.78, 5) is 17.3. The molecule has 124 valence electrons. The van der Waals surface area contributed by atoms with Crippen LogP contribution in [0.25, 0.3) is 11.0 Å². The quantitative estimate of drug-likeness (QED) is 0.906. The predicted octanol–water partition coefficient (Wildman–Crippen LogP) is 3.99. The van der Waals surface area contributed by atoms with Gasteiger partial charge < -0.3 is 9.88 Å². The summed E-state index contributed by atoms with van der Waals surface area (Å²) >= 11 is 3.50. The number of nitrogens with zero attached hydrogens (tertiary/aromatic N) is 2. The van der Waals surface area contributed by atoms with E-state index in [4.69, 9.17) is 4.98 Å². The zero-order chi connectivity index (χ0) is 16.4. The van der Waals surface area contributed by atoms with Gasteiger partial charge in [-0.3, -0.25) is 4.79 Å². The number of para-hydroxylation sites is 2. The Morgan fingerprint density at radius 3 is 2.65 bits per heavy atom. The number of rotatable bonds is 4. The Bertz CT molecular complexity index is 692. The molecule has 0 aliphatic carbocycles. The molecule has 3 rings (SSSR count). The van der Waals surface area contributed by atoms with Crippen molar-refractivity contribution in [2.24, 2.45) is 0 Å². The van der Waals surface area contributed by atoms with E-state index in [2.05, 4.69) is 29.8 Å². The minimum Gasteiger partial charge on any atom is -0.345 e. The maximum absolute atomic E-state index is 12.5. The third-order valence-corrected chi connectivity index (χ3v) is 6.83. The molecular formula is C17H23N3OS2. The lowest BCUT2D eigenvalue weighted by atomic mass is 10.2. The van der Waals surface area contributed by atoms with Crippen LogP contribution in [-0.2, 0) is 4.79 Å². The average molecular weight is 350 g/mol. The van der Waals surface area contributed by atoms with E-state index in [-0.39, 0.29) is 16.5 Å². The molecule has 1 amide bonds. The molecule has 1 fully saturated rings. The average Bonchev–Trinajstić information content (AvgIpc) is 2.95. The molecule has 1 saturated heterocycles. The maximum atomic E-state index is 12.5. The van der Waals surface area contributed by atoms with Crippen molar-refractivity contribution in [2.45, 2.75) is 43.9 Å². The zero-order valence-corrected chi connectivity index (χ0v) is 15.4. The summed E-state index contributed by atoms with van der Waals surface area (Å²) in [7, 11) is 0. The molecule has 1 aliphatic rings. The van der Waals surface area contributed by atoms with E-state index >= 15 is 0 Å². The first-order valence-electron chi connectivity index (χ1n) is 8.08. The number of fused-ring (bicyclic) bond motifs is 1. The van der Waals surface area contributed by atoms with E-state index in [1.165, 1.54) is 6.42 Å². The van der Waals surface area contributed by atoms with Gasteiger partial charge in [0.05, 0.1) is 17.1 Å². The first-order chi connectivity index (χ1) is 11.1. The minimum atomic E-state index is -0.0968. The van der Waals surface area contributed by atoms with E-state index < -0.39 is 0 Å². The summed E-state index contributed by atoms with van der Waals surface area (Å²) in [5.74, 6) is 3.20. The van der Waals surface area contributed by atoms with Crippen LogP contribution < -0.4 is 5.32 Å². The van der Waals surface area contributed by atoms with E-state index in [1.807, 2.05) is 25.1 Å². The SMILES string of the molecule is CC(C)n1c([C@@H](C)NC(=O)C2SCCCS2)nc2ccccc21. The second kappa shape index (κ2) is 7.18. The third-order valence-electron chi connectivity index (χ3n) is 3.93. The number of nitrogens with one attached hydrogen (secondary N) is 1. The van der Waals surface area contributed by atoms with E-state index in [0.29, 0.717) is 6.04 Å². The van der Waals surface area contributed by atoms with Crippen LogP contribution in [-0.4, -0.2) is 31.5 Å². The number of amides is 1. The van der Waals surface area contributed by atoms with Gasteiger partial charge in [-0.1, -0.05) is 12.1 Å². The number of carbonyl (C=O) groups excluding carboxylic acids is 1. The van der Waals surface area contributed by atoms with Crippen LogP contribution >= 0.6 is 23.5 Å². The second-order valence-electron chi connectivity index (χ2n) is 6.08. The van der Waals surface area contributed by atoms with Gasteiger partial charge in [-0.15, -0.1) is 23.5 Å². The van der Waals surface area contributed by atoms with Crippen LogP contribution in [0, 0.1) is 0 Å². The number of benzene rings is 1. The molecule has 1 N–H and O–H groups in total. The maximum Gasteiger partial charge on any atom is 0.243 e. The summed E-state index contributed by atoms with van der Waals surface area (Å²) in [5.41, 5.74) is 2.11. The Morgan fingerprint density at radius 2 is 1.96 bits per heavy atom. The van der Waals surface area contributed by atoms with Gasteiger partial charge in [0, 0.05) is 6.04 Å². The summed E-state index contributed by atoms with van der Waals surface area (Å²) < 4.78 is 2.24. The molecule has 4 nitrogen and oxygen atoms in total. The van der Waals surface area contributed by atoms with Crippen molar-refractivity contribution in [2.75, 3.05) is 11.5 Å². The first kappa shape index (κ1) is 16.7. The molecule has 0 bridgehead atoms. The highest BCUT2D eigenvalue weighted by Gasteiger charge is 2.26. The van der Waals surface area contributed by atoms with Crippen LogP contribution in [0.4, 0.5) is 0 Å². The predicted molar refractivity (Wildman–Crippen MR) is 100.0 cm³/mol. The van der Waals surface area contributed by atoms with Gasteiger partial charge in [0.25, 0.3) is 0 Å². The summed E-state index contributed by atoms with van der Waals surface area (Å²) in [6.07, 6.45) is 1.19. The molecule has 2 heterocycles. The van der Waals surface area contributed by atoms with Crippen molar-refractivity contribution >= 4 is 40.5 Å². The van der Waals surface area contributed by atoms with E-state index in [0.717, 1.165) is 28.4 Å². The van der Waals surface area contributed by atoms with Gasteiger partial charge in [-0.25, -0.2) is 4.98 Å². The molecule has 1 aliphatic heterocycles. The highest BCUT2D eigenvalue weighted by molar-refractivity contribution is 8.18. The van der Waals surface area contributed by atoms with Crippen molar-refractivity contribution in [1.29, 1.82) is 0 Å². The lowest BCUT2D eigenvalue weighted by Gasteiger charge is -2.23. The molecule has 1 aromatic carbocycles. The molecule has 2 aromatic rings. The van der Waals surface area contributed by atoms with Crippen molar-refractivity contribution in [3.05, 3.63) is 30.1 Å². The fraction of sp³-hybridized carbons (Fsp3) is 0.529. The van der Waals surface area contributed by atoms with Gasteiger partial charge in [-0.05, 0) is 50.8 Å². The van der Waals surface area contributed by atoms with Gasteiger partial charge in [0.1, 0.15) is 10.4 Å². The summed E-state index contributed by atoms with van der Waals surface area (Å²) in [6.45, 7) is 6.33. The number of hydrogen-bond acceptors (Lipinski definition) is 4. The van der Waals surface area contributed by atoms with E-state index in [9.17, 15) is 4.79 Å². The summed E-state index contributed by atoms with van der Waals surface area (Å²) in [6, 6.07) is 8.36. The van der Waals surface area contributed by atoms with Crippen molar-refractivity contribution in [3.63, 3.8) is 0 Å². The second-order valence-corrected chi connectivity index (χ2v) is 8.80. The van der Waals surface area contributed by atoms with Crippen LogP contribution in [0.2, 0.25) is 0 Å². The highest BCUT2D eigenvalue weighted by atomic mass is 32.2. The largest absolute Gasteiger partial charge is 0.345 e. The molecule has 1 atom stereocenters.